The Morgan fingerprint density at radius 3 is 2.42 bits per heavy atom. The van der Waals surface area contributed by atoms with E-state index in [0.29, 0.717) is 25.1 Å². The molecule has 8 nitrogen and oxygen atoms in total. The van der Waals surface area contributed by atoms with Gasteiger partial charge in [0, 0.05) is 12.5 Å². The summed E-state index contributed by atoms with van der Waals surface area (Å²) in [6.07, 6.45) is 4.40. The van der Waals surface area contributed by atoms with Crippen molar-refractivity contribution < 1.29 is 22.4 Å². The number of furan rings is 1. The Balaban J connectivity index is 1.38. The molecule has 1 heterocycles. The summed E-state index contributed by atoms with van der Waals surface area (Å²) in [5.74, 6) is 0.268. The number of carbonyl (C=O) groups is 2. The van der Waals surface area contributed by atoms with Crippen LogP contribution in [0.2, 0.25) is 0 Å². The third-order valence-electron chi connectivity index (χ3n) is 5.60. The molecule has 168 valence electrons. The number of benzene rings is 1. The van der Waals surface area contributed by atoms with E-state index < -0.39 is 16.1 Å². The topological polar surface area (TPSA) is 118 Å². The van der Waals surface area contributed by atoms with Crippen molar-refractivity contribution in [3.8, 4) is 0 Å². The van der Waals surface area contributed by atoms with E-state index in [1.54, 1.807) is 49.4 Å². The molecule has 2 aromatic rings. The largest absolute Gasteiger partial charge is 0.467 e. The average molecular weight is 448 g/mol. The average Bonchev–Trinajstić information content (AvgIpc) is 3.30. The minimum atomic E-state index is -3.52. The van der Waals surface area contributed by atoms with Crippen LogP contribution in [-0.2, 0) is 26.2 Å². The third-order valence-corrected chi connectivity index (χ3v) is 7.04. The van der Waals surface area contributed by atoms with E-state index in [-0.39, 0.29) is 35.1 Å². The Bertz CT molecular complexity index is 952. The highest BCUT2D eigenvalue weighted by Crippen LogP contribution is 2.29. The Hall–Kier alpha value is -2.65. The summed E-state index contributed by atoms with van der Waals surface area (Å²) in [7, 11) is -3.52. The molecule has 3 N–H and O–H groups in total. The highest BCUT2D eigenvalue weighted by atomic mass is 32.2. The zero-order chi connectivity index (χ0) is 22.3. The maximum absolute atomic E-state index is 12.5. The highest BCUT2D eigenvalue weighted by molar-refractivity contribution is 7.89. The number of hydrogen-bond donors (Lipinski definition) is 3. The summed E-state index contributed by atoms with van der Waals surface area (Å²) in [6.45, 7) is 2.28. The second kappa shape index (κ2) is 10.6. The van der Waals surface area contributed by atoms with Crippen molar-refractivity contribution in [1.29, 1.82) is 0 Å². The lowest BCUT2D eigenvalue weighted by Gasteiger charge is -2.28. The van der Waals surface area contributed by atoms with Crippen molar-refractivity contribution in [2.24, 2.45) is 11.8 Å². The molecule has 0 aliphatic heterocycles. The Morgan fingerprint density at radius 1 is 1.06 bits per heavy atom. The van der Waals surface area contributed by atoms with Gasteiger partial charge in [-0.1, -0.05) is 18.2 Å². The molecule has 1 atom stereocenters. The van der Waals surface area contributed by atoms with Crippen LogP contribution in [-0.4, -0.2) is 32.8 Å². The van der Waals surface area contributed by atoms with Crippen LogP contribution in [0.5, 0.6) is 0 Å². The standard InChI is InChI=1S/C22H29N3O5S/c1-16(21(26)23-15-19-6-5-13-30-19)25-22(27)18-11-9-17(10-12-18)14-24-31(28,29)20-7-3-2-4-8-20/h2-8,13,16-18,24H,9-12,14-15H2,1H3,(H,23,26)(H,25,27)/t16-,17?,18?/m0/s1. The molecule has 1 aliphatic carbocycles. The van der Waals surface area contributed by atoms with E-state index in [2.05, 4.69) is 15.4 Å². The van der Waals surface area contributed by atoms with Gasteiger partial charge in [0.05, 0.1) is 17.7 Å². The highest BCUT2D eigenvalue weighted by Gasteiger charge is 2.29. The zero-order valence-corrected chi connectivity index (χ0v) is 18.4. The monoisotopic (exact) mass is 447 g/mol. The summed E-state index contributed by atoms with van der Waals surface area (Å²) in [6, 6.07) is 11.2. The molecule has 9 heteroatoms. The van der Waals surface area contributed by atoms with Gasteiger partial charge in [-0.15, -0.1) is 0 Å². The molecule has 2 amide bonds. The molecular weight excluding hydrogens is 418 g/mol. The first-order valence-electron chi connectivity index (χ1n) is 10.5. The number of hydrogen-bond acceptors (Lipinski definition) is 5. The maximum Gasteiger partial charge on any atom is 0.242 e. The van der Waals surface area contributed by atoms with Gasteiger partial charge in [-0.2, -0.15) is 0 Å². The summed E-state index contributed by atoms with van der Waals surface area (Å²) >= 11 is 0. The van der Waals surface area contributed by atoms with Crippen molar-refractivity contribution >= 4 is 21.8 Å². The van der Waals surface area contributed by atoms with Gasteiger partial charge >= 0.3 is 0 Å². The molecule has 1 aromatic carbocycles. The van der Waals surface area contributed by atoms with Crippen LogP contribution in [0.4, 0.5) is 0 Å². The van der Waals surface area contributed by atoms with Gasteiger partial charge < -0.3 is 15.1 Å². The van der Waals surface area contributed by atoms with Crippen LogP contribution in [0.1, 0.15) is 38.4 Å². The predicted molar refractivity (Wildman–Crippen MR) is 115 cm³/mol. The molecule has 0 unspecified atom stereocenters. The minimum absolute atomic E-state index is 0.135. The minimum Gasteiger partial charge on any atom is -0.467 e. The molecule has 0 radical (unpaired) electrons. The Labute approximate surface area is 182 Å². The molecule has 0 bridgehead atoms. The lowest BCUT2D eigenvalue weighted by Crippen LogP contribution is -2.47. The molecule has 0 saturated heterocycles. The van der Waals surface area contributed by atoms with Crippen LogP contribution in [0, 0.1) is 11.8 Å². The molecule has 3 rings (SSSR count). The van der Waals surface area contributed by atoms with Crippen molar-refractivity contribution in [3.63, 3.8) is 0 Å². The molecule has 1 saturated carbocycles. The number of amides is 2. The van der Waals surface area contributed by atoms with Gasteiger partial charge in [0.1, 0.15) is 11.8 Å². The van der Waals surface area contributed by atoms with E-state index in [1.165, 1.54) is 6.26 Å². The van der Waals surface area contributed by atoms with Gasteiger partial charge in [-0.3, -0.25) is 9.59 Å². The fourth-order valence-electron chi connectivity index (χ4n) is 3.68. The second-order valence-electron chi connectivity index (χ2n) is 7.91. The normalized spacial score (nSPS) is 20.0. The van der Waals surface area contributed by atoms with Crippen molar-refractivity contribution in [3.05, 3.63) is 54.5 Å². The van der Waals surface area contributed by atoms with E-state index >= 15 is 0 Å². The summed E-state index contributed by atoms with van der Waals surface area (Å²) in [5, 5.41) is 5.51. The number of rotatable bonds is 9. The smallest absolute Gasteiger partial charge is 0.242 e. The Kier molecular flexibility index (Phi) is 7.86. The number of carbonyl (C=O) groups excluding carboxylic acids is 2. The van der Waals surface area contributed by atoms with Gasteiger partial charge in [0.2, 0.25) is 21.8 Å². The number of sulfonamides is 1. The molecule has 31 heavy (non-hydrogen) atoms. The van der Waals surface area contributed by atoms with Crippen molar-refractivity contribution in [1.82, 2.24) is 15.4 Å². The van der Waals surface area contributed by atoms with Gasteiger partial charge in [-0.25, -0.2) is 13.1 Å². The zero-order valence-electron chi connectivity index (χ0n) is 17.5. The third kappa shape index (κ3) is 6.67. The number of nitrogens with one attached hydrogen (secondary N) is 3. The fourth-order valence-corrected chi connectivity index (χ4v) is 4.81. The lowest BCUT2D eigenvalue weighted by atomic mass is 9.81. The predicted octanol–water partition coefficient (Wildman–Crippen LogP) is 2.19. The van der Waals surface area contributed by atoms with Gasteiger partial charge in [0.25, 0.3) is 0 Å². The molecular formula is C22H29N3O5S. The van der Waals surface area contributed by atoms with E-state index in [4.69, 9.17) is 4.42 Å². The molecule has 1 fully saturated rings. The first-order chi connectivity index (χ1) is 14.8. The summed E-state index contributed by atoms with van der Waals surface area (Å²) in [5.41, 5.74) is 0. The summed E-state index contributed by atoms with van der Waals surface area (Å²) in [4.78, 5) is 25.0. The Morgan fingerprint density at radius 2 is 1.77 bits per heavy atom. The van der Waals surface area contributed by atoms with Crippen molar-refractivity contribution in [2.75, 3.05) is 6.54 Å². The van der Waals surface area contributed by atoms with Crippen LogP contribution in [0.15, 0.2) is 58.0 Å². The lowest BCUT2D eigenvalue weighted by molar-refractivity contribution is -0.131. The van der Waals surface area contributed by atoms with E-state index in [0.717, 1.165) is 12.8 Å². The van der Waals surface area contributed by atoms with Crippen LogP contribution in [0.3, 0.4) is 0 Å². The fraction of sp³-hybridized carbons (Fsp3) is 0.455. The molecule has 1 aliphatic rings. The van der Waals surface area contributed by atoms with Gasteiger partial charge in [-0.05, 0) is 62.8 Å². The quantitative estimate of drug-likeness (QED) is 0.545. The molecule has 0 spiro atoms. The van der Waals surface area contributed by atoms with E-state index in [1.807, 2.05) is 0 Å². The SMILES string of the molecule is C[C@H](NC(=O)C1CCC(CNS(=O)(=O)c2ccccc2)CC1)C(=O)NCc1ccco1. The van der Waals surface area contributed by atoms with Crippen LogP contribution in [0.25, 0.3) is 0 Å². The first kappa shape index (κ1) is 23.0. The van der Waals surface area contributed by atoms with Gasteiger partial charge in [0.15, 0.2) is 0 Å². The first-order valence-corrected chi connectivity index (χ1v) is 12.0. The maximum atomic E-state index is 12.5. The summed E-state index contributed by atoms with van der Waals surface area (Å²) < 4.78 is 32.5. The van der Waals surface area contributed by atoms with Crippen molar-refractivity contribution in [2.45, 2.75) is 50.1 Å². The molecule has 1 aromatic heterocycles. The van der Waals surface area contributed by atoms with Crippen LogP contribution < -0.4 is 15.4 Å². The van der Waals surface area contributed by atoms with Crippen LogP contribution >= 0.6 is 0 Å². The second-order valence-corrected chi connectivity index (χ2v) is 9.68. The van der Waals surface area contributed by atoms with E-state index in [9.17, 15) is 18.0 Å².